The zero-order valence-electron chi connectivity index (χ0n) is 11.9. The van der Waals surface area contributed by atoms with Crippen LogP contribution in [0.5, 0.6) is 0 Å². The molecule has 0 amide bonds. The van der Waals surface area contributed by atoms with E-state index in [0.717, 1.165) is 16.8 Å². The molecule has 2 rings (SSSR count). The van der Waals surface area contributed by atoms with Gasteiger partial charge in [-0.15, -0.1) is 0 Å². The lowest BCUT2D eigenvalue weighted by atomic mass is 10.1. The summed E-state index contributed by atoms with van der Waals surface area (Å²) >= 11 is 0. The predicted molar refractivity (Wildman–Crippen MR) is 81.1 cm³/mol. The van der Waals surface area contributed by atoms with Crippen LogP contribution >= 0.6 is 0 Å². The monoisotopic (exact) mass is 281 g/mol. The Bertz CT molecular complexity index is 733. The van der Waals surface area contributed by atoms with Gasteiger partial charge in [0, 0.05) is 23.9 Å². The number of hydrogen-bond acceptors (Lipinski definition) is 4. The van der Waals surface area contributed by atoms with E-state index in [0.29, 0.717) is 17.7 Å². The molecule has 5 nitrogen and oxygen atoms in total. The van der Waals surface area contributed by atoms with Crippen molar-refractivity contribution in [2.45, 2.75) is 20.4 Å². The minimum atomic E-state index is -0.370. The molecule has 0 aromatic heterocycles. The van der Waals surface area contributed by atoms with E-state index in [-0.39, 0.29) is 10.6 Å². The largest absolute Gasteiger partial charge is 0.381 e. The quantitative estimate of drug-likeness (QED) is 0.684. The van der Waals surface area contributed by atoms with Gasteiger partial charge in [0.1, 0.15) is 0 Å². The van der Waals surface area contributed by atoms with Crippen LogP contribution in [-0.2, 0) is 6.54 Å². The third-order valence-electron chi connectivity index (χ3n) is 3.44. The number of anilines is 1. The minimum absolute atomic E-state index is 0.130. The Morgan fingerprint density at radius 3 is 2.67 bits per heavy atom. The van der Waals surface area contributed by atoms with Crippen molar-refractivity contribution in [3.8, 4) is 6.07 Å². The lowest BCUT2D eigenvalue weighted by Crippen LogP contribution is -2.03. The van der Waals surface area contributed by atoms with Gasteiger partial charge >= 0.3 is 0 Å². The number of nitrogens with one attached hydrogen (secondary N) is 1. The van der Waals surface area contributed by atoms with Gasteiger partial charge in [-0.2, -0.15) is 5.26 Å². The zero-order chi connectivity index (χ0) is 15.4. The van der Waals surface area contributed by atoms with Crippen molar-refractivity contribution in [2.24, 2.45) is 0 Å². The van der Waals surface area contributed by atoms with E-state index < -0.39 is 0 Å². The molecule has 0 radical (unpaired) electrons. The maximum atomic E-state index is 10.9. The van der Waals surface area contributed by atoms with Crippen molar-refractivity contribution < 1.29 is 4.92 Å². The van der Waals surface area contributed by atoms with Crippen LogP contribution in [0, 0.1) is 35.3 Å². The van der Waals surface area contributed by atoms with Crippen molar-refractivity contribution >= 4 is 11.4 Å². The van der Waals surface area contributed by atoms with Gasteiger partial charge in [0.15, 0.2) is 0 Å². The molecule has 0 unspecified atom stereocenters. The summed E-state index contributed by atoms with van der Waals surface area (Å²) in [4.78, 5) is 10.5. The Labute approximate surface area is 123 Å². The van der Waals surface area contributed by atoms with Gasteiger partial charge < -0.3 is 5.32 Å². The molecule has 0 aliphatic rings. The fraction of sp³-hybridized carbons (Fsp3) is 0.188. The van der Waals surface area contributed by atoms with Gasteiger partial charge in [-0.25, -0.2) is 0 Å². The Kier molecular flexibility index (Phi) is 4.19. The highest BCUT2D eigenvalue weighted by molar-refractivity contribution is 5.53. The average Bonchev–Trinajstić information content (AvgIpc) is 2.46. The second-order valence-corrected chi connectivity index (χ2v) is 4.81. The molecule has 2 aromatic rings. The first-order valence-corrected chi connectivity index (χ1v) is 6.50. The molecule has 0 heterocycles. The normalized spacial score (nSPS) is 9.95. The van der Waals surface area contributed by atoms with Crippen LogP contribution < -0.4 is 5.32 Å². The number of nitro groups is 1. The molecule has 5 heteroatoms. The maximum Gasteiger partial charge on any atom is 0.272 e. The predicted octanol–water partition coefficient (Wildman–Crippen LogP) is 3.70. The molecule has 0 fully saturated rings. The summed E-state index contributed by atoms with van der Waals surface area (Å²) in [6, 6.07) is 12.7. The molecule has 0 spiro atoms. The number of nitrogens with zero attached hydrogens (tertiary/aromatic N) is 2. The fourth-order valence-corrected chi connectivity index (χ4v) is 2.16. The lowest BCUT2D eigenvalue weighted by molar-refractivity contribution is -0.385. The Morgan fingerprint density at radius 1 is 1.29 bits per heavy atom. The van der Waals surface area contributed by atoms with E-state index in [1.54, 1.807) is 19.1 Å². The highest BCUT2D eigenvalue weighted by atomic mass is 16.6. The smallest absolute Gasteiger partial charge is 0.272 e. The Balaban J connectivity index is 2.17. The van der Waals surface area contributed by atoms with Gasteiger partial charge in [0.05, 0.1) is 16.6 Å². The van der Waals surface area contributed by atoms with Gasteiger partial charge in [-0.05, 0) is 43.2 Å². The lowest BCUT2D eigenvalue weighted by Gasteiger charge is -2.10. The zero-order valence-corrected chi connectivity index (χ0v) is 11.9. The number of rotatable bonds is 4. The van der Waals surface area contributed by atoms with Gasteiger partial charge in [-0.3, -0.25) is 10.1 Å². The van der Waals surface area contributed by atoms with E-state index in [2.05, 4.69) is 11.4 Å². The standard InChI is InChI=1S/C16H15N3O2/c1-11-8-15(7-6-13(11)9-17)18-10-14-4-3-5-16(12(14)2)19(20)21/h3-8,18H,10H2,1-2H3. The molecule has 21 heavy (non-hydrogen) atoms. The summed E-state index contributed by atoms with van der Waals surface area (Å²) in [5.41, 5.74) is 4.11. The molecule has 0 saturated heterocycles. The average molecular weight is 281 g/mol. The molecule has 0 aliphatic heterocycles. The third kappa shape index (κ3) is 3.18. The number of nitriles is 1. The first kappa shape index (κ1) is 14.5. The second-order valence-electron chi connectivity index (χ2n) is 4.81. The van der Waals surface area contributed by atoms with Crippen molar-refractivity contribution in [1.29, 1.82) is 5.26 Å². The van der Waals surface area contributed by atoms with Gasteiger partial charge in [-0.1, -0.05) is 12.1 Å². The SMILES string of the molecule is Cc1cc(NCc2cccc([N+](=O)[O-])c2C)ccc1C#N. The molecule has 106 valence electrons. The molecule has 0 atom stereocenters. The van der Waals surface area contributed by atoms with E-state index in [1.807, 2.05) is 25.1 Å². The van der Waals surface area contributed by atoms with Crippen LogP contribution in [-0.4, -0.2) is 4.92 Å². The Morgan fingerprint density at radius 2 is 2.05 bits per heavy atom. The first-order valence-electron chi connectivity index (χ1n) is 6.50. The maximum absolute atomic E-state index is 10.9. The van der Waals surface area contributed by atoms with E-state index in [4.69, 9.17) is 5.26 Å². The van der Waals surface area contributed by atoms with E-state index in [9.17, 15) is 10.1 Å². The summed E-state index contributed by atoms with van der Waals surface area (Å²) in [6.45, 7) is 4.13. The number of aryl methyl sites for hydroxylation is 1. The van der Waals surface area contributed by atoms with Crippen molar-refractivity contribution in [3.63, 3.8) is 0 Å². The van der Waals surface area contributed by atoms with Crippen LogP contribution in [0.3, 0.4) is 0 Å². The third-order valence-corrected chi connectivity index (χ3v) is 3.44. The molecule has 2 aromatic carbocycles. The van der Waals surface area contributed by atoms with Crippen LogP contribution in [0.1, 0.15) is 22.3 Å². The minimum Gasteiger partial charge on any atom is -0.381 e. The van der Waals surface area contributed by atoms with E-state index >= 15 is 0 Å². The summed E-state index contributed by atoms with van der Waals surface area (Å²) in [5.74, 6) is 0. The van der Waals surface area contributed by atoms with Crippen LogP contribution in [0.4, 0.5) is 11.4 Å². The van der Waals surface area contributed by atoms with Crippen LogP contribution in [0.2, 0.25) is 0 Å². The summed E-state index contributed by atoms with van der Waals surface area (Å²) in [6.07, 6.45) is 0. The molecule has 1 N–H and O–H groups in total. The van der Waals surface area contributed by atoms with Gasteiger partial charge in [0.25, 0.3) is 5.69 Å². The molecule has 0 aliphatic carbocycles. The highest BCUT2D eigenvalue weighted by Gasteiger charge is 2.12. The van der Waals surface area contributed by atoms with E-state index in [1.165, 1.54) is 6.07 Å². The second kappa shape index (κ2) is 6.06. The molecular formula is C16H15N3O2. The van der Waals surface area contributed by atoms with Crippen molar-refractivity contribution in [1.82, 2.24) is 0 Å². The summed E-state index contributed by atoms with van der Waals surface area (Å²) in [7, 11) is 0. The first-order chi connectivity index (χ1) is 10.0. The number of benzene rings is 2. The summed E-state index contributed by atoms with van der Waals surface area (Å²) < 4.78 is 0. The number of nitro benzene ring substituents is 1. The highest BCUT2D eigenvalue weighted by Crippen LogP contribution is 2.22. The Hall–Kier alpha value is -2.87. The van der Waals surface area contributed by atoms with Crippen LogP contribution in [0.15, 0.2) is 36.4 Å². The fourth-order valence-electron chi connectivity index (χ4n) is 2.16. The summed E-state index contributed by atoms with van der Waals surface area (Å²) in [5, 5.41) is 23.0. The molecular weight excluding hydrogens is 266 g/mol. The molecule has 0 bridgehead atoms. The van der Waals surface area contributed by atoms with Crippen molar-refractivity contribution in [3.05, 3.63) is 68.8 Å². The topological polar surface area (TPSA) is 79.0 Å². The number of hydrogen-bond donors (Lipinski definition) is 1. The van der Waals surface area contributed by atoms with Crippen molar-refractivity contribution in [2.75, 3.05) is 5.32 Å². The van der Waals surface area contributed by atoms with Crippen LogP contribution in [0.25, 0.3) is 0 Å². The van der Waals surface area contributed by atoms with Gasteiger partial charge in [0.2, 0.25) is 0 Å². The molecule has 0 saturated carbocycles.